The van der Waals surface area contributed by atoms with Crippen LogP contribution in [0.4, 0.5) is 8.78 Å². The fraction of sp³-hybridized carbons (Fsp3) is 0.333. The number of aliphatic carboxylic acids is 1. The average molecular weight is 201 g/mol. The molecule has 1 rings (SSSR count). The van der Waals surface area contributed by atoms with Gasteiger partial charge in [0.25, 0.3) is 5.92 Å². The Morgan fingerprint density at radius 1 is 1.57 bits per heavy atom. The maximum Gasteiger partial charge on any atom is 0.303 e. The molecule has 0 unspecified atom stereocenters. The smallest absolute Gasteiger partial charge is 0.303 e. The molecule has 0 saturated heterocycles. The Kier molecular flexibility index (Phi) is 3.11. The third-order valence-corrected chi connectivity index (χ3v) is 1.74. The summed E-state index contributed by atoms with van der Waals surface area (Å²) in [6.07, 6.45) is 1.18. The molecular weight excluding hydrogens is 192 g/mol. The molecule has 1 aromatic rings. The van der Waals surface area contributed by atoms with Crippen molar-refractivity contribution in [3.05, 3.63) is 30.1 Å². The molecule has 0 aliphatic heterocycles. The number of pyridine rings is 1. The molecule has 0 fully saturated rings. The number of halogens is 2. The summed E-state index contributed by atoms with van der Waals surface area (Å²) in [5.41, 5.74) is -0.249. The molecule has 0 aliphatic carbocycles. The zero-order chi connectivity index (χ0) is 10.6. The number of carboxylic acid groups (broad SMARTS) is 1. The average Bonchev–Trinajstić information content (AvgIpc) is 2.16. The standard InChI is InChI=1S/C9H9F2NO2/c10-9(11,4-3-8(13)14)7-2-1-5-12-6-7/h1-2,5-6H,3-4H2,(H,13,14). The second-order valence-corrected chi connectivity index (χ2v) is 2.84. The lowest BCUT2D eigenvalue weighted by atomic mass is 10.1. The summed E-state index contributed by atoms with van der Waals surface area (Å²) in [5, 5.41) is 8.27. The van der Waals surface area contributed by atoms with Crippen molar-refractivity contribution in [3.63, 3.8) is 0 Å². The van der Waals surface area contributed by atoms with Crippen LogP contribution in [0, 0.1) is 0 Å². The highest BCUT2D eigenvalue weighted by atomic mass is 19.3. The zero-order valence-electron chi connectivity index (χ0n) is 7.28. The van der Waals surface area contributed by atoms with Crippen LogP contribution in [0.3, 0.4) is 0 Å². The van der Waals surface area contributed by atoms with E-state index in [0.717, 1.165) is 6.20 Å². The van der Waals surface area contributed by atoms with Gasteiger partial charge in [0.05, 0.1) is 6.42 Å². The molecule has 0 spiro atoms. The van der Waals surface area contributed by atoms with Gasteiger partial charge < -0.3 is 5.11 Å². The first-order valence-electron chi connectivity index (χ1n) is 4.02. The number of aromatic nitrogens is 1. The number of carbonyl (C=O) groups is 1. The number of rotatable bonds is 4. The van der Waals surface area contributed by atoms with E-state index in [9.17, 15) is 13.6 Å². The third kappa shape index (κ3) is 2.76. The number of alkyl halides is 2. The predicted octanol–water partition coefficient (Wildman–Crippen LogP) is 2.04. The van der Waals surface area contributed by atoms with Crippen LogP contribution in [0.15, 0.2) is 24.5 Å². The van der Waals surface area contributed by atoms with E-state index < -0.39 is 24.7 Å². The first-order chi connectivity index (χ1) is 6.52. The van der Waals surface area contributed by atoms with E-state index in [1.54, 1.807) is 0 Å². The van der Waals surface area contributed by atoms with Crippen molar-refractivity contribution in [2.45, 2.75) is 18.8 Å². The Morgan fingerprint density at radius 3 is 2.79 bits per heavy atom. The van der Waals surface area contributed by atoms with Crippen molar-refractivity contribution in [3.8, 4) is 0 Å². The molecule has 0 atom stereocenters. The fourth-order valence-electron chi connectivity index (χ4n) is 0.987. The van der Waals surface area contributed by atoms with Crippen molar-refractivity contribution < 1.29 is 18.7 Å². The van der Waals surface area contributed by atoms with Gasteiger partial charge >= 0.3 is 5.97 Å². The summed E-state index contributed by atoms with van der Waals surface area (Å²) >= 11 is 0. The van der Waals surface area contributed by atoms with Gasteiger partial charge in [-0.3, -0.25) is 9.78 Å². The van der Waals surface area contributed by atoms with Crippen LogP contribution >= 0.6 is 0 Å². The summed E-state index contributed by atoms with van der Waals surface area (Å²) in [7, 11) is 0. The second kappa shape index (κ2) is 4.13. The Morgan fingerprint density at radius 2 is 2.29 bits per heavy atom. The molecule has 1 heterocycles. The molecule has 1 N–H and O–H groups in total. The van der Waals surface area contributed by atoms with Crippen molar-refractivity contribution in [1.29, 1.82) is 0 Å². The van der Waals surface area contributed by atoms with Crippen LogP contribution in [0.1, 0.15) is 18.4 Å². The molecule has 76 valence electrons. The van der Waals surface area contributed by atoms with Gasteiger partial charge in [-0.25, -0.2) is 8.78 Å². The molecule has 1 aromatic heterocycles. The lowest BCUT2D eigenvalue weighted by Gasteiger charge is -2.14. The van der Waals surface area contributed by atoms with E-state index in [4.69, 9.17) is 5.11 Å². The molecule has 0 amide bonds. The van der Waals surface area contributed by atoms with Crippen LogP contribution in [0.25, 0.3) is 0 Å². The van der Waals surface area contributed by atoms with Crippen LogP contribution in [0.2, 0.25) is 0 Å². The molecule has 0 aliphatic rings. The largest absolute Gasteiger partial charge is 0.481 e. The van der Waals surface area contributed by atoms with E-state index in [1.165, 1.54) is 18.3 Å². The Bertz CT molecular complexity index is 314. The Hall–Kier alpha value is -1.52. The van der Waals surface area contributed by atoms with Gasteiger partial charge in [-0.1, -0.05) is 0 Å². The van der Waals surface area contributed by atoms with Gasteiger partial charge in [-0.2, -0.15) is 0 Å². The molecule has 0 bridgehead atoms. The van der Waals surface area contributed by atoms with Crippen LogP contribution in [-0.4, -0.2) is 16.1 Å². The number of hydrogen-bond acceptors (Lipinski definition) is 2. The maximum atomic E-state index is 13.2. The van der Waals surface area contributed by atoms with Crippen LogP contribution in [-0.2, 0) is 10.7 Å². The zero-order valence-corrected chi connectivity index (χ0v) is 7.28. The molecule has 5 heteroatoms. The maximum absolute atomic E-state index is 13.2. The van der Waals surface area contributed by atoms with E-state index in [1.807, 2.05) is 0 Å². The monoisotopic (exact) mass is 201 g/mol. The molecule has 0 saturated carbocycles. The van der Waals surface area contributed by atoms with Crippen molar-refractivity contribution in [2.24, 2.45) is 0 Å². The van der Waals surface area contributed by atoms with Crippen LogP contribution in [0.5, 0.6) is 0 Å². The minimum Gasteiger partial charge on any atom is -0.481 e. The third-order valence-electron chi connectivity index (χ3n) is 1.74. The second-order valence-electron chi connectivity index (χ2n) is 2.84. The molecule has 3 nitrogen and oxygen atoms in total. The van der Waals surface area contributed by atoms with Gasteiger partial charge in [0, 0.05) is 24.4 Å². The van der Waals surface area contributed by atoms with E-state index in [0.29, 0.717) is 0 Å². The van der Waals surface area contributed by atoms with Gasteiger partial charge in [0.1, 0.15) is 0 Å². The summed E-state index contributed by atoms with van der Waals surface area (Å²) < 4.78 is 26.4. The van der Waals surface area contributed by atoms with Gasteiger partial charge in [0.15, 0.2) is 0 Å². The molecule has 0 aromatic carbocycles. The summed E-state index contributed by atoms with van der Waals surface area (Å²) in [5.74, 6) is -4.35. The topological polar surface area (TPSA) is 50.2 Å². The minimum absolute atomic E-state index is 0.249. The SMILES string of the molecule is O=C(O)CCC(F)(F)c1cccnc1. The number of nitrogens with zero attached hydrogens (tertiary/aromatic N) is 1. The van der Waals surface area contributed by atoms with Gasteiger partial charge in [-0.15, -0.1) is 0 Å². The van der Waals surface area contributed by atoms with E-state index >= 15 is 0 Å². The van der Waals surface area contributed by atoms with E-state index in [-0.39, 0.29) is 5.56 Å². The Labute approximate surface area is 79.4 Å². The number of carboxylic acids is 1. The summed E-state index contributed by atoms with van der Waals surface area (Å²) in [6.45, 7) is 0. The normalized spacial score (nSPS) is 11.3. The number of hydrogen-bond donors (Lipinski definition) is 1. The highest BCUT2D eigenvalue weighted by Crippen LogP contribution is 2.31. The van der Waals surface area contributed by atoms with Crippen molar-refractivity contribution >= 4 is 5.97 Å². The summed E-state index contributed by atoms with van der Waals surface area (Å²) in [6, 6.07) is 2.62. The minimum atomic E-state index is -3.12. The first-order valence-corrected chi connectivity index (χ1v) is 4.02. The first kappa shape index (κ1) is 10.6. The predicted molar refractivity (Wildman–Crippen MR) is 45.0 cm³/mol. The van der Waals surface area contributed by atoms with Crippen LogP contribution < -0.4 is 0 Å². The lowest BCUT2D eigenvalue weighted by Crippen LogP contribution is -2.15. The van der Waals surface area contributed by atoms with Gasteiger partial charge in [-0.05, 0) is 12.1 Å². The Balaban J connectivity index is 2.70. The highest BCUT2D eigenvalue weighted by Gasteiger charge is 2.31. The molecular formula is C9H9F2NO2. The van der Waals surface area contributed by atoms with E-state index in [2.05, 4.69) is 4.98 Å². The molecule has 14 heavy (non-hydrogen) atoms. The van der Waals surface area contributed by atoms with Crippen molar-refractivity contribution in [2.75, 3.05) is 0 Å². The highest BCUT2D eigenvalue weighted by molar-refractivity contribution is 5.66. The van der Waals surface area contributed by atoms with Crippen molar-refractivity contribution in [1.82, 2.24) is 4.98 Å². The fourth-order valence-corrected chi connectivity index (χ4v) is 0.987. The lowest BCUT2D eigenvalue weighted by molar-refractivity contribution is -0.139. The van der Waals surface area contributed by atoms with Gasteiger partial charge in [0.2, 0.25) is 0 Å². The summed E-state index contributed by atoms with van der Waals surface area (Å²) in [4.78, 5) is 13.7. The quantitative estimate of drug-likeness (QED) is 0.810. The molecule has 0 radical (unpaired) electrons.